The molecule has 0 radical (unpaired) electrons. The minimum absolute atomic E-state index is 0. The summed E-state index contributed by atoms with van der Waals surface area (Å²) < 4.78 is 0. The lowest BCUT2D eigenvalue weighted by Crippen LogP contribution is -2.34. The summed E-state index contributed by atoms with van der Waals surface area (Å²) in [6.07, 6.45) is 8.69. The molecule has 1 amide bonds. The fourth-order valence-corrected chi connectivity index (χ4v) is 3.60. The number of halogens is 1. The summed E-state index contributed by atoms with van der Waals surface area (Å²) >= 11 is 0. The van der Waals surface area contributed by atoms with Crippen LogP contribution in [0.5, 0.6) is 0 Å². The second-order valence-electron chi connectivity index (χ2n) is 6.26. The van der Waals surface area contributed by atoms with Gasteiger partial charge in [0.1, 0.15) is 0 Å². The van der Waals surface area contributed by atoms with Gasteiger partial charge in [-0.25, -0.2) is 0 Å². The number of nitrogens with one attached hydrogen (secondary N) is 1. The Morgan fingerprint density at radius 2 is 1.95 bits per heavy atom. The van der Waals surface area contributed by atoms with Gasteiger partial charge in [0.15, 0.2) is 0 Å². The Balaban J connectivity index is 0.00000161. The summed E-state index contributed by atoms with van der Waals surface area (Å²) in [5.74, 6) is 0.261. The van der Waals surface area contributed by atoms with Crippen LogP contribution in [-0.4, -0.2) is 11.9 Å². The number of amides is 1. The number of anilines is 1. The minimum Gasteiger partial charge on any atom is -0.328 e. The second kappa shape index (κ2) is 7.28. The highest BCUT2D eigenvalue weighted by Crippen LogP contribution is 2.29. The molecule has 2 aliphatic rings. The number of fused-ring (bicyclic) bond motifs is 1. The van der Waals surface area contributed by atoms with Crippen LogP contribution in [0.1, 0.15) is 49.7 Å². The van der Waals surface area contributed by atoms with E-state index in [9.17, 15) is 4.79 Å². The first kappa shape index (κ1) is 16.3. The average Bonchev–Trinajstić information content (AvgIpc) is 2.47. The number of rotatable bonds is 2. The molecule has 0 saturated heterocycles. The van der Waals surface area contributed by atoms with Gasteiger partial charge >= 0.3 is 0 Å². The highest BCUT2D eigenvalue weighted by molar-refractivity contribution is 5.93. The molecule has 0 aromatic heterocycles. The molecule has 116 valence electrons. The van der Waals surface area contributed by atoms with Crippen molar-refractivity contribution in [2.24, 2.45) is 11.7 Å². The van der Waals surface area contributed by atoms with E-state index in [1.807, 2.05) is 6.07 Å². The molecule has 2 atom stereocenters. The molecule has 3 nitrogen and oxygen atoms in total. The summed E-state index contributed by atoms with van der Waals surface area (Å²) in [5, 5.41) is 3.17. The molecule has 3 rings (SSSR count). The molecule has 0 heterocycles. The van der Waals surface area contributed by atoms with E-state index in [4.69, 9.17) is 5.73 Å². The van der Waals surface area contributed by atoms with Gasteiger partial charge in [0.2, 0.25) is 5.91 Å². The predicted molar refractivity (Wildman–Crippen MR) is 88.9 cm³/mol. The van der Waals surface area contributed by atoms with Crippen LogP contribution < -0.4 is 11.1 Å². The Hall–Kier alpha value is -1.06. The lowest BCUT2D eigenvalue weighted by Gasteiger charge is -2.26. The Labute approximate surface area is 133 Å². The van der Waals surface area contributed by atoms with Crippen LogP contribution in [0.15, 0.2) is 18.2 Å². The van der Waals surface area contributed by atoms with Crippen LogP contribution in [-0.2, 0) is 17.6 Å². The fourth-order valence-electron chi connectivity index (χ4n) is 3.60. The van der Waals surface area contributed by atoms with Crippen LogP contribution >= 0.6 is 12.4 Å². The van der Waals surface area contributed by atoms with Gasteiger partial charge in [0.05, 0.1) is 0 Å². The van der Waals surface area contributed by atoms with Crippen molar-refractivity contribution in [1.82, 2.24) is 0 Å². The number of aryl methyl sites for hydroxylation is 1. The van der Waals surface area contributed by atoms with Crippen molar-refractivity contribution < 1.29 is 4.79 Å². The average molecular weight is 309 g/mol. The van der Waals surface area contributed by atoms with E-state index in [0.717, 1.165) is 44.2 Å². The smallest absolute Gasteiger partial charge is 0.227 e. The molecule has 1 aromatic carbocycles. The summed E-state index contributed by atoms with van der Waals surface area (Å²) in [4.78, 5) is 12.4. The molecular formula is C17H25ClN2O. The number of benzene rings is 1. The number of carbonyl (C=O) groups is 1. The van der Waals surface area contributed by atoms with Gasteiger partial charge in [-0.1, -0.05) is 18.6 Å². The summed E-state index contributed by atoms with van der Waals surface area (Å²) in [7, 11) is 0. The van der Waals surface area contributed by atoms with Gasteiger partial charge < -0.3 is 11.1 Å². The van der Waals surface area contributed by atoms with E-state index in [1.165, 1.54) is 24.0 Å². The van der Waals surface area contributed by atoms with Crippen LogP contribution in [0, 0.1) is 5.92 Å². The quantitative estimate of drug-likeness (QED) is 0.879. The molecule has 3 N–H and O–H groups in total. The summed E-state index contributed by atoms with van der Waals surface area (Å²) in [6, 6.07) is 6.50. The van der Waals surface area contributed by atoms with Crippen molar-refractivity contribution in [3.63, 3.8) is 0 Å². The largest absolute Gasteiger partial charge is 0.328 e. The first-order chi connectivity index (χ1) is 9.74. The predicted octanol–water partition coefficient (Wildman–Crippen LogP) is 3.44. The maximum absolute atomic E-state index is 12.4. The van der Waals surface area contributed by atoms with Crippen molar-refractivity contribution >= 4 is 24.0 Å². The van der Waals surface area contributed by atoms with Crippen LogP contribution in [0.2, 0.25) is 0 Å². The molecule has 21 heavy (non-hydrogen) atoms. The summed E-state index contributed by atoms with van der Waals surface area (Å²) in [6.45, 7) is 0. The standard InChI is InChI=1S/C17H24N2O.ClH/c18-14-8-3-7-13(11-14)17(20)19-16-10-4-6-12-5-1-2-9-15(12)16;/h4,6,10,13-14H,1-3,5,7-9,11,18H2,(H,19,20);1H. The van der Waals surface area contributed by atoms with Gasteiger partial charge in [-0.2, -0.15) is 0 Å². The van der Waals surface area contributed by atoms with E-state index in [-0.39, 0.29) is 30.3 Å². The van der Waals surface area contributed by atoms with E-state index >= 15 is 0 Å². The molecule has 0 aliphatic heterocycles. The second-order valence-corrected chi connectivity index (χ2v) is 6.26. The maximum atomic E-state index is 12.4. The summed E-state index contributed by atoms with van der Waals surface area (Å²) in [5.41, 5.74) is 9.79. The van der Waals surface area contributed by atoms with Gasteiger partial charge in [-0.3, -0.25) is 4.79 Å². The lowest BCUT2D eigenvalue weighted by molar-refractivity contribution is -0.120. The molecule has 0 bridgehead atoms. The Morgan fingerprint density at radius 3 is 2.76 bits per heavy atom. The van der Waals surface area contributed by atoms with E-state index in [1.54, 1.807) is 0 Å². The third-order valence-corrected chi connectivity index (χ3v) is 4.74. The number of hydrogen-bond acceptors (Lipinski definition) is 2. The molecule has 1 aromatic rings. The molecule has 4 heteroatoms. The van der Waals surface area contributed by atoms with Crippen molar-refractivity contribution in [1.29, 1.82) is 0 Å². The zero-order valence-corrected chi connectivity index (χ0v) is 13.3. The molecule has 0 spiro atoms. The third kappa shape index (κ3) is 3.78. The highest BCUT2D eigenvalue weighted by atomic mass is 35.5. The zero-order chi connectivity index (χ0) is 13.9. The molecular weight excluding hydrogens is 284 g/mol. The molecule has 1 fully saturated rings. The van der Waals surface area contributed by atoms with Crippen LogP contribution in [0.4, 0.5) is 5.69 Å². The normalized spacial score (nSPS) is 24.6. The van der Waals surface area contributed by atoms with Crippen molar-refractivity contribution in [2.75, 3.05) is 5.32 Å². The minimum atomic E-state index is 0. The fraction of sp³-hybridized carbons (Fsp3) is 0.588. The lowest BCUT2D eigenvalue weighted by atomic mass is 9.85. The SMILES string of the molecule is Cl.NC1CCCC(C(=O)Nc2cccc3c2CCCC3)C1. The Kier molecular flexibility index (Phi) is 5.65. The molecule has 2 aliphatic carbocycles. The van der Waals surface area contributed by atoms with Crippen molar-refractivity contribution in [3.8, 4) is 0 Å². The van der Waals surface area contributed by atoms with Crippen LogP contribution in [0.25, 0.3) is 0 Å². The molecule has 1 saturated carbocycles. The number of carbonyl (C=O) groups excluding carboxylic acids is 1. The Bertz CT molecular complexity index is 504. The first-order valence-electron chi connectivity index (χ1n) is 7.91. The Morgan fingerprint density at radius 1 is 1.14 bits per heavy atom. The highest BCUT2D eigenvalue weighted by Gasteiger charge is 2.26. The van der Waals surface area contributed by atoms with E-state index in [2.05, 4.69) is 17.4 Å². The third-order valence-electron chi connectivity index (χ3n) is 4.74. The van der Waals surface area contributed by atoms with Gasteiger partial charge in [0, 0.05) is 17.6 Å². The van der Waals surface area contributed by atoms with Gasteiger partial charge in [-0.15, -0.1) is 12.4 Å². The first-order valence-corrected chi connectivity index (χ1v) is 7.91. The maximum Gasteiger partial charge on any atom is 0.227 e. The number of hydrogen-bond donors (Lipinski definition) is 2. The zero-order valence-electron chi connectivity index (χ0n) is 12.4. The molecule has 2 unspecified atom stereocenters. The van der Waals surface area contributed by atoms with Gasteiger partial charge in [-0.05, 0) is 62.1 Å². The monoisotopic (exact) mass is 308 g/mol. The van der Waals surface area contributed by atoms with Crippen molar-refractivity contribution in [3.05, 3.63) is 29.3 Å². The van der Waals surface area contributed by atoms with Crippen LogP contribution in [0.3, 0.4) is 0 Å². The number of nitrogens with two attached hydrogens (primary N) is 1. The van der Waals surface area contributed by atoms with Gasteiger partial charge in [0.25, 0.3) is 0 Å². The van der Waals surface area contributed by atoms with E-state index < -0.39 is 0 Å². The van der Waals surface area contributed by atoms with E-state index in [0.29, 0.717) is 0 Å². The topological polar surface area (TPSA) is 55.1 Å². The van der Waals surface area contributed by atoms with Crippen molar-refractivity contribution in [2.45, 2.75) is 57.4 Å².